The largest absolute Gasteiger partial charge is 0.219 e. The van der Waals surface area contributed by atoms with Gasteiger partial charge < -0.3 is 0 Å². The second-order valence-corrected chi connectivity index (χ2v) is 15.5. The lowest BCUT2D eigenvalue weighted by Crippen LogP contribution is -2.37. The van der Waals surface area contributed by atoms with Crippen molar-refractivity contribution in [2.24, 2.45) is 5.92 Å². The zero-order valence-electron chi connectivity index (χ0n) is 12.4. The molecular formula is C12H29O2PS2. The van der Waals surface area contributed by atoms with E-state index in [1.807, 2.05) is 55.4 Å². The Bertz CT molecular complexity index is 334. The third-order valence-electron chi connectivity index (χ3n) is 2.47. The highest BCUT2D eigenvalue weighted by Gasteiger charge is 2.43. The minimum Gasteiger partial charge on any atom is -0.219 e. The van der Waals surface area contributed by atoms with E-state index in [2.05, 4.69) is 9.24 Å². The zero-order valence-corrected chi connectivity index (χ0v) is 15.3. The topological polar surface area (TPSA) is 34.1 Å². The van der Waals surface area contributed by atoms with Crippen LogP contribution in [-0.2, 0) is 8.87 Å². The van der Waals surface area contributed by atoms with Crippen molar-refractivity contribution < 1.29 is 8.42 Å². The monoisotopic (exact) mass is 300 g/mol. The van der Waals surface area contributed by atoms with E-state index in [-0.39, 0.29) is 20.4 Å². The number of hydrogen-bond acceptors (Lipinski definition) is 2. The highest BCUT2D eigenvalue weighted by Crippen LogP contribution is 2.58. The Kier molecular flexibility index (Phi) is 5.61. The lowest BCUT2D eigenvalue weighted by molar-refractivity contribution is 0.586. The van der Waals surface area contributed by atoms with Gasteiger partial charge in [-0.2, -0.15) is 0 Å². The molecule has 0 fully saturated rings. The first-order valence-electron chi connectivity index (χ1n) is 6.02. The van der Waals surface area contributed by atoms with Gasteiger partial charge in [-0.1, -0.05) is 55.4 Å². The van der Waals surface area contributed by atoms with Gasteiger partial charge in [-0.25, -0.2) is 8.42 Å². The second kappa shape index (κ2) is 5.38. The van der Waals surface area contributed by atoms with E-state index in [1.165, 1.54) is 0 Å². The first-order chi connectivity index (χ1) is 7.22. The molecule has 0 saturated heterocycles. The Morgan fingerprint density at radius 3 is 1.41 bits per heavy atom. The third-order valence-corrected chi connectivity index (χ3v) is 14.7. The predicted octanol–water partition coefficient (Wildman–Crippen LogP) is 3.77. The summed E-state index contributed by atoms with van der Waals surface area (Å²) in [6, 6.07) is 0. The van der Waals surface area contributed by atoms with Crippen molar-refractivity contribution >= 4 is 28.0 Å². The standard InChI is InChI=1S/C12H29O2PS2/c1-9(2)10(15)17(13,14)16(11(3,4)5)12(6,7)8/h9-10,16H,15H2,1-8H3. The first-order valence-corrected chi connectivity index (χ1v) is 10.2. The summed E-state index contributed by atoms with van der Waals surface area (Å²) >= 11 is 0. The third kappa shape index (κ3) is 4.40. The zero-order chi connectivity index (χ0) is 14.2. The Labute approximate surface area is 112 Å². The molecule has 0 N–H and O–H groups in total. The van der Waals surface area contributed by atoms with Crippen LogP contribution in [0.15, 0.2) is 0 Å². The van der Waals surface area contributed by atoms with Gasteiger partial charge in [0.05, 0.1) is 4.99 Å². The molecule has 17 heavy (non-hydrogen) atoms. The summed E-state index contributed by atoms with van der Waals surface area (Å²) in [4.78, 5) is -0.341. The first kappa shape index (κ1) is 17.7. The molecule has 2 atom stereocenters. The number of thiol groups is 1. The lowest BCUT2D eigenvalue weighted by atomic mass is 10.2. The van der Waals surface area contributed by atoms with Gasteiger partial charge in [0.15, 0.2) is 8.87 Å². The van der Waals surface area contributed by atoms with Crippen molar-refractivity contribution in [3.05, 3.63) is 0 Å². The smallest absolute Gasteiger partial charge is 0.189 e. The van der Waals surface area contributed by atoms with Crippen molar-refractivity contribution in [3.8, 4) is 0 Å². The van der Waals surface area contributed by atoms with Gasteiger partial charge in [0.2, 0.25) is 0 Å². The highest BCUT2D eigenvalue weighted by atomic mass is 33.2. The van der Waals surface area contributed by atoms with Crippen molar-refractivity contribution in [1.82, 2.24) is 0 Å². The second-order valence-electron chi connectivity index (χ2n) is 6.86. The van der Waals surface area contributed by atoms with E-state index < -0.39 is 18.8 Å². The lowest BCUT2D eigenvalue weighted by Gasteiger charge is -2.45. The molecule has 0 bridgehead atoms. The fourth-order valence-electron chi connectivity index (χ4n) is 2.24. The van der Waals surface area contributed by atoms with Crippen LogP contribution in [-0.4, -0.2) is 22.9 Å². The van der Waals surface area contributed by atoms with Gasteiger partial charge in [0.1, 0.15) is 0 Å². The number of rotatable bonds is 3. The average molecular weight is 300 g/mol. The Morgan fingerprint density at radius 2 is 1.24 bits per heavy atom. The maximum Gasteiger partial charge on any atom is 0.189 e. The highest BCUT2D eigenvalue weighted by molar-refractivity contribution is 8.82. The van der Waals surface area contributed by atoms with Gasteiger partial charge in [0.25, 0.3) is 0 Å². The van der Waals surface area contributed by atoms with Crippen molar-refractivity contribution in [1.29, 1.82) is 0 Å². The molecule has 0 aromatic carbocycles. The van der Waals surface area contributed by atoms with Gasteiger partial charge in [0, 0.05) is 9.49 Å². The van der Waals surface area contributed by atoms with E-state index in [4.69, 9.17) is 0 Å². The average Bonchev–Trinajstić information content (AvgIpc) is 1.95. The fourth-order valence-corrected chi connectivity index (χ4v) is 13.8. The molecule has 5 heteroatoms. The van der Waals surface area contributed by atoms with Gasteiger partial charge in [-0.05, 0) is 5.92 Å². The normalized spacial score (nSPS) is 17.2. The van der Waals surface area contributed by atoms with Crippen LogP contribution in [0, 0.1) is 5.92 Å². The van der Waals surface area contributed by atoms with E-state index in [0.717, 1.165) is 0 Å². The number of hydrogen-bond donors (Lipinski definition) is 1. The molecule has 2 unspecified atom stereocenters. The van der Waals surface area contributed by atoms with Crippen LogP contribution in [0.4, 0.5) is 0 Å². The van der Waals surface area contributed by atoms with Gasteiger partial charge in [-0.15, -0.1) is 19.2 Å². The quantitative estimate of drug-likeness (QED) is 0.489. The van der Waals surface area contributed by atoms with E-state index in [9.17, 15) is 8.42 Å². The Hall–Kier alpha value is 0.730. The molecule has 0 rings (SSSR count). The summed E-state index contributed by atoms with van der Waals surface area (Å²) in [6.45, 7) is 16.2. The van der Waals surface area contributed by atoms with Crippen molar-refractivity contribution in [2.45, 2.75) is 69.9 Å². The molecular weight excluding hydrogens is 271 g/mol. The summed E-state index contributed by atoms with van der Waals surface area (Å²) in [6.07, 6.45) is 0. The summed E-state index contributed by atoms with van der Waals surface area (Å²) in [5.74, 6) is 0.139. The van der Waals surface area contributed by atoms with Crippen LogP contribution in [0.5, 0.6) is 0 Å². The molecule has 0 saturated carbocycles. The van der Waals surface area contributed by atoms with Crippen molar-refractivity contribution in [3.63, 3.8) is 0 Å². The molecule has 0 heterocycles. The van der Waals surface area contributed by atoms with Gasteiger partial charge in [-0.3, -0.25) is 0 Å². The van der Waals surface area contributed by atoms with E-state index in [1.54, 1.807) is 0 Å². The predicted molar refractivity (Wildman–Crippen MR) is 85.7 cm³/mol. The van der Waals surface area contributed by atoms with Crippen LogP contribution in [0.3, 0.4) is 0 Å². The fraction of sp³-hybridized carbons (Fsp3) is 1.00. The van der Waals surface area contributed by atoms with Crippen molar-refractivity contribution in [2.75, 3.05) is 0 Å². The molecule has 0 aliphatic rings. The maximum absolute atomic E-state index is 12.8. The summed E-state index contributed by atoms with van der Waals surface area (Å²) in [5, 5.41) is 0. The molecule has 0 amide bonds. The maximum atomic E-state index is 12.8. The van der Waals surface area contributed by atoms with Crippen LogP contribution < -0.4 is 0 Å². The minimum absolute atomic E-state index is 0.139. The molecule has 0 aliphatic carbocycles. The van der Waals surface area contributed by atoms with Crippen LogP contribution in [0.25, 0.3) is 0 Å². The summed E-state index contributed by atoms with van der Waals surface area (Å²) < 4.78 is 25.2. The molecule has 0 spiro atoms. The van der Waals surface area contributed by atoms with E-state index in [0.29, 0.717) is 0 Å². The molecule has 0 aromatic rings. The van der Waals surface area contributed by atoms with Gasteiger partial charge >= 0.3 is 0 Å². The van der Waals surface area contributed by atoms with Crippen LogP contribution in [0.2, 0.25) is 0 Å². The SMILES string of the molecule is CC(C)C(P)S(=O)(=O)[SH](C(C)(C)C)C(C)(C)C. The molecule has 0 radical (unpaired) electrons. The molecule has 106 valence electrons. The van der Waals surface area contributed by atoms with Crippen LogP contribution in [0.1, 0.15) is 55.4 Å². The molecule has 2 nitrogen and oxygen atoms in total. The molecule has 0 aliphatic heterocycles. The van der Waals surface area contributed by atoms with Crippen LogP contribution >= 0.6 is 19.2 Å². The summed E-state index contributed by atoms with van der Waals surface area (Å²) in [7, 11) is -1.66. The Balaban J connectivity index is 5.67. The Morgan fingerprint density at radius 1 is 0.941 bits per heavy atom. The summed E-state index contributed by atoms with van der Waals surface area (Å²) in [5.41, 5.74) is 0. The minimum atomic E-state index is -3.09. The molecule has 0 aromatic heterocycles. The van der Waals surface area contributed by atoms with E-state index >= 15 is 0 Å².